The first-order chi connectivity index (χ1) is 14.1. The van der Waals surface area contributed by atoms with Crippen LogP contribution in [0.5, 0.6) is 0 Å². The van der Waals surface area contributed by atoms with Crippen molar-refractivity contribution in [3.8, 4) is 0 Å². The van der Waals surface area contributed by atoms with E-state index in [0.29, 0.717) is 6.54 Å². The molecule has 8 heteroatoms. The second kappa shape index (κ2) is 13.3. The smallest absolute Gasteiger partial charge is 0.191 e. The van der Waals surface area contributed by atoms with E-state index in [1.54, 1.807) is 7.11 Å². The molecule has 1 aromatic heterocycles. The quantitative estimate of drug-likeness (QED) is 0.326. The number of aromatic nitrogens is 1. The Balaban J connectivity index is 1.79. The molecule has 2 heterocycles. The summed E-state index contributed by atoms with van der Waals surface area (Å²) in [6.45, 7) is 11.8. The summed E-state index contributed by atoms with van der Waals surface area (Å²) >= 11 is 0. The maximum atomic E-state index is 5.60. The molecule has 8 nitrogen and oxygen atoms in total. The van der Waals surface area contributed by atoms with Gasteiger partial charge in [-0.15, -0.1) is 0 Å². The fourth-order valence-corrected chi connectivity index (χ4v) is 3.19. The van der Waals surface area contributed by atoms with Crippen molar-refractivity contribution in [1.29, 1.82) is 0 Å². The number of guanidine groups is 1. The summed E-state index contributed by atoms with van der Waals surface area (Å²) in [5, 5.41) is 6.71. The molecule has 0 amide bonds. The molecule has 0 aliphatic carbocycles. The van der Waals surface area contributed by atoms with Gasteiger partial charge in [0, 0.05) is 59.2 Å². The first-order valence-electron chi connectivity index (χ1n) is 10.6. The highest BCUT2D eigenvalue weighted by atomic mass is 16.5. The summed E-state index contributed by atoms with van der Waals surface area (Å²) < 4.78 is 10.7. The van der Waals surface area contributed by atoms with E-state index in [0.717, 1.165) is 76.2 Å². The molecular weight excluding hydrogens is 368 g/mol. The van der Waals surface area contributed by atoms with Gasteiger partial charge in [0.25, 0.3) is 0 Å². The van der Waals surface area contributed by atoms with Crippen molar-refractivity contribution < 1.29 is 9.47 Å². The lowest BCUT2D eigenvalue weighted by molar-refractivity contribution is 0.0529. The summed E-state index contributed by atoms with van der Waals surface area (Å²) in [6.07, 6.45) is 3.22. The van der Waals surface area contributed by atoms with Gasteiger partial charge in [-0.25, -0.2) is 9.98 Å². The Labute approximate surface area is 175 Å². The Kier molecular flexibility index (Phi) is 10.8. The van der Waals surface area contributed by atoms with Crippen LogP contribution in [-0.2, 0) is 16.0 Å². The number of anilines is 1. The van der Waals surface area contributed by atoms with E-state index in [4.69, 9.17) is 14.5 Å². The number of morpholine rings is 1. The van der Waals surface area contributed by atoms with Gasteiger partial charge >= 0.3 is 0 Å². The minimum absolute atomic E-state index is 0.252. The van der Waals surface area contributed by atoms with Gasteiger partial charge in [-0.3, -0.25) is 0 Å². The largest absolute Gasteiger partial charge is 0.385 e. The lowest BCUT2D eigenvalue weighted by atomic mass is 10.2. The van der Waals surface area contributed by atoms with Crippen molar-refractivity contribution in [3.63, 3.8) is 0 Å². The maximum absolute atomic E-state index is 5.60. The lowest BCUT2D eigenvalue weighted by Crippen LogP contribution is -2.41. The third kappa shape index (κ3) is 8.97. The topological polar surface area (TPSA) is 74.2 Å². The summed E-state index contributed by atoms with van der Waals surface area (Å²) in [4.78, 5) is 13.9. The zero-order valence-corrected chi connectivity index (χ0v) is 18.5. The molecule has 1 atom stereocenters. The number of hydrogen-bond donors (Lipinski definition) is 2. The predicted molar refractivity (Wildman–Crippen MR) is 119 cm³/mol. The number of likely N-dealkylation sites (N-methyl/N-ethyl adjacent to an activating group) is 1. The molecule has 1 fully saturated rings. The van der Waals surface area contributed by atoms with Crippen molar-refractivity contribution in [1.82, 2.24) is 20.5 Å². The van der Waals surface area contributed by atoms with Crippen LogP contribution in [0.3, 0.4) is 0 Å². The molecular formula is C21H38N6O2. The zero-order chi connectivity index (χ0) is 20.9. The van der Waals surface area contributed by atoms with Crippen molar-refractivity contribution >= 4 is 11.8 Å². The highest BCUT2D eigenvalue weighted by molar-refractivity contribution is 5.79. The van der Waals surface area contributed by atoms with Gasteiger partial charge < -0.3 is 29.9 Å². The molecule has 0 spiro atoms. The Morgan fingerprint density at radius 2 is 2.24 bits per heavy atom. The number of pyridine rings is 1. The third-order valence-electron chi connectivity index (χ3n) is 4.81. The number of nitrogens with zero attached hydrogens (tertiary/aromatic N) is 4. The molecule has 2 N–H and O–H groups in total. The van der Waals surface area contributed by atoms with Crippen molar-refractivity contribution in [2.45, 2.75) is 32.9 Å². The van der Waals surface area contributed by atoms with Crippen LogP contribution in [0, 0.1) is 0 Å². The van der Waals surface area contributed by atoms with Crippen molar-refractivity contribution in [2.24, 2.45) is 4.99 Å². The van der Waals surface area contributed by atoms with Crippen LogP contribution < -0.4 is 15.5 Å². The van der Waals surface area contributed by atoms with Crippen LogP contribution >= 0.6 is 0 Å². The van der Waals surface area contributed by atoms with E-state index in [9.17, 15) is 0 Å². The Morgan fingerprint density at radius 1 is 1.38 bits per heavy atom. The molecule has 0 radical (unpaired) electrons. The number of nitrogens with one attached hydrogen (secondary N) is 2. The SMILES string of the molecule is CCNC(=NCc1ccc(N2CCOC(C)C2)nc1)NCCN(C)CCCOC. The normalized spacial score (nSPS) is 17.6. The van der Waals surface area contributed by atoms with E-state index >= 15 is 0 Å². The second-order valence-electron chi connectivity index (χ2n) is 7.42. The molecule has 29 heavy (non-hydrogen) atoms. The predicted octanol–water partition coefficient (Wildman–Crippen LogP) is 1.33. The van der Waals surface area contributed by atoms with Crippen LogP contribution in [-0.4, -0.2) is 88.6 Å². The summed E-state index contributed by atoms with van der Waals surface area (Å²) in [5.41, 5.74) is 1.10. The average Bonchev–Trinajstić information content (AvgIpc) is 2.72. The number of rotatable bonds is 11. The Hall–Kier alpha value is -1.90. The summed E-state index contributed by atoms with van der Waals surface area (Å²) in [7, 11) is 3.87. The first-order valence-corrected chi connectivity index (χ1v) is 10.6. The maximum Gasteiger partial charge on any atom is 0.191 e. The van der Waals surface area contributed by atoms with Crippen LogP contribution in [0.2, 0.25) is 0 Å². The van der Waals surface area contributed by atoms with Crippen LogP contribution in [0.4, 0.5) is 5.82 Å². The van der Waals surface area contributed by atoms with Crippen molar-refractivity contribution in [2.75, 3.05) is 71.5 Å². The minimum atomic E-state index is 0.252. The number of methoxy groups -OCH3 is 1. The van der Waals surface area contributed by atoms with Crippen LogP contribution in [0.15, 0.2) is 23.3 Å². The highest BCUT2D eigenvalue weighted by Crippen LogP contribution is 2.15. The Morgan fingerprint density at radius 3 is 2.93 bits per heavy atom. The second-order valence-corrected chi connectivity index (χ2v) is 7.42. The first kappa shape index (κ1) is 23.4. The molecule has 0 bridgehead atoms. The molecule has 0 saturated carbocycles. The molecule has 1 aliphatic heterocycles. The zero-order valence-electron chi connectivity index (χ0n) is 18.5. The minimum Gasteiger partial charge on any atom is -0.385 e. The molecule has 2 rings (SSSR count). The van der Waals surface area contributed by atoms with Crippen LogP contribution in [0.1, 0.15) is 25.8 Å². The third-order valence-corrected chi connectivity index (χ3v) is 4.81. The standard InChI is InChI=1S/C21H38N6O2/c1-5-22-21(23-9-11-26(3)10-6-13-28-4)25-16-19-7-8-20(24-15-19)27-12-14-29-18(2)17-27/h7-8,15,18H,5-6,9-14,16-17H2,1-4H3,(H2,22,23,25). The molecule has 1 unspecified atom stereocenters. The molecule has 1 saturated heterocycles. The van der Waals surface area contributed by atoms with Crippen LogP contribution in [0.25, 0.3) is 0 Å². The van der Waals surface area contributed by atoms with Crippen molar-refractivity contribution in [3.05, 3.63) is 23.9 Å². The lowest BCUT2D eigenvalue weighted by Gasteiger charge is -2.32. The van der Waals surface area contributed by atoms with Gasteiger partial charge in [0.2, 0.25) is 0 Å². The molecule has 164 valence electrons. The van der Waals surface area contributed by atoms with E-state index in [1.165, 1.54) is 0 Å². The average molecular weight is 407 g/mol. The van der Waals surface area contributed by atoms with Gasteiger partial charge in [0.05, 0.1) is 19.3 Å². The Bertz CT molecular complexity index is 595. The van der Waals surface area contributed by atoms with Gasteiger partial charge in [0.1, 0.15) is 5.82 Å². The van der Waals surface area contributed by atoms with Gasteiger partial charge in [0.15, 0.2) is 5.96 Å². The van der Waals surface area contributed by atoms with E-state index in [-0.39, 0.29) is 6.10 Å². The molecule has 0 aromatic carbocycles. The van der Waals surface area contributed by atoms with Gasteiger partial charge in [-0.2, -0.15) is 0 Å². The fraction of sp³-hybridized carbons (Fsp3) is 0.714. The van der Waals surface area contributed by atoms with E-state index < -0.39 is 0 Å². The van der Waals surface area contributed by atoms with E-state index in [2.05, 4.69) is 58.4 Å². The number of aliphatic imine (C=N–C) groups is 1. The molecule has 1 aliphatic rings. The monoisotopic (exact) mass is 406 g/mol. The summed E-state index contributed by atoms with van der Waals surface area (Å²) in [5.74, 6) is 1.85. The van der Waals surface area contributed by atoms with E-state index in [1.807, 2.05) is 6.20 Å². The van der Waals surface area contributed by atoms with Gasteiger partial charge in [-0.1, -0.05) is 6.07 Å². The summed E-state index contributed by atoms with van der Waals surface area (Å²) in [6, 6.07) is 4.19. The van der Waals surface area contributed by atoms with Gasteiger partial charge in [-0.05, 0) is 38.9 Å². The number of ether oxygens (including phenoxy) is 2. The highest BCUT2D eigenvalue weighted by Gasteiger charge is 2.17. The fourth-order valence-electron chi connectivity index (χ4n) is 3.19. The molecule has 1 aromatic rings. The number of hydrogen-bond acceptors (Lipinski definition) is 6.